The van der Waals surface area contributed by atoms with E-state index in [1.54, 1.807) is 37.4 Å². The third-order valence-corrected chi connectivity index (χ3v) is 8.76. The summed E-state index contributed by atoms with van der Waals surface area (Å²) in [6, 6.07) is 14.0. The topological polar surface area (TPSA) is 106 Å². The van der Waals surface area contributed by atoms with Crippen LogP contribution in [0.1, 0.15) is 12.0 Å². The van der Waals surface area contributed by atoms with Gasteiger partial charge in [-0.25, -0.2) is 9.69 Å². The molecule has 2 aromatic heterocycles. The van der Waals surface area contributed by atoms with E-state index in [-0.39, 0.29) is 24.8 Å². The summed E-state index contributed by atoms with van der Waals surface area (Å²) in [5.74, 6) is 0.0986. The van der Waals surface area contributed by atoms with E-state index in [0.29, 0.717) is 54.0 Å². The molecule has 2 aliphatic heterocycles. The number of hydrogen-bond donors (Lipinski definition) is 0. The number of halogens is 2. The van der Waals surface area contributed by atoms with Crippen LogP contribution in [0.25, 0.3) is 11.2 Å². The maximum absolute atomic E-state index is 13.3. The lowest BCUT2D eigenvalue weighted by Crippen LogP contribution is -2.53. The predicted octanol–water partition coefficient (Wildman–Crippen LogP) is 2.35. The minimum atomic E-state index is -0.539. The molecule has 13 heteroatoms. The number of aryl methyl sites for hydroxylation is 1. The van der Waals surface area contributed by atoms with E-state index in [1.165, 1.54) is 16.5 Å². The van der Waals surface area contributed by atoms with Gasteiger partial charge in [-0.05, 0) is 35.9 Å². The summed E-state index contributed by atoms with van der Waals surface area (Å²) in [4.78, 5) is 62.3. The number of nitrogens with zero attached hydrogens (tertiary/aromatic N) is 7. The van der Waals surface area contributed by atoms with Gasteiger partial charge in [-0.15, -0.1) is 0 Å². The van der Waals surface area contributed by atoms with Crippen molar-refractivity contribution in [2.45, 2.75) is 19.0 Å². The molecular formula is C28H27BrClN7O4. The highest BCUT2D eigenvalue weighted by Gasteiger charge is 2.43. The van der Waals surface area contributed by atoms with Crippen molar-refractivity contribution in [3.63, 3.8) is 0 Å². The Kier molecular flexibility index (Phi) is 7.08. The number of fused-ring (bicyclic) bond motifs is 1. The zero-order valence-electron chi connectivity index (χ0n) is 22.5. The molecule has 2 amide bonds. The van der Waals surface area contributed by atoms with E-state index in [0.717, 1.165) is 14.6 Å². The molecule has 0 spiro atoms. The van der Waals surface area contributed by atoms with Crippen molar-refractivity contribution in [1.82, 2.24) is 23.6 Å². The van der Waals surface area contributed by atoms with Crippen LogP contribution in [0, 0.1) is 0 Å². The normalized spacial score (nSPS) is 18.2. The Hall–Kier alpha value is -3.74. The zero-order chi connectivity index (χ0) is 29.0. The van der Waals surface area contributed by atoms with E-state index >= 15 is 0 Å². The SMILES string of the molecule is Cn1c(=O)c2c(nc(N3CCN(C4CC(=O)N(c5ccc(Br)cc5)C4=O)CC3)n2Cc2ccccc2Cl)n(C)c1=O. The molecule has 1 unspecified atom stereocenters. The van der Waals surface area contributed by atoms with Gasteiger partial charge in [-0.2, -0.15) is 4.98 Å². The second kappa shape index (κ2) is 10.6. The molecule has 0 N–H and O–H groups in total. The van der Waals surface area contributed by atoms with Gasteiger partial charge in [0, 0.05) is 49.8 Å². The second-order valence-electron chi connectivity index (χ2n) is 10.3. The van der Waals surface area contributed by atoms with Gasteiger partial charge in [0.2, 0.25) is 11.9 Å². The van der Waals surface area contributed by atoms with Crippen molar-refractivity contribution in [2.24, 2.45) is 14.1 Å². The van der Waals surface area contributed by atoms with Crippen LogP contribution in [-0.2, 0) is 30.2 Å². The third-order valence-electron chi connectivity index (χ3n) is 7.86. The Labute approximate surface area is 248 Å². The molecule has 4 heterocycles. The van der Waals surface area contributed by atoms with Crippen LogP contribution in [0.2, 0.25) is 5.02 Å². The fourth-order valence-electron chi connectivity index (χ4n) is 5.62. The first-order chi connectivity index (χ1) is 19.7. The average molecular weight is 641 g/mol. The average Bonchev–Trinajstić information content (AvgIpc) is 3.49. The highest BCUT2D eigenvalue weighted by atomic mass is 79.9. The summed E-state index contributed by atoms with van der Waals surface area (Å²) < 4.78 is 5.13. The molecule has 0 radical (unpaired) electrons. The molecule has 11 nitrogen and oxygen atoms in total. The van der Waals surface area contributed by atoms with Crippen LogP contribution < -0.4 is 21.0 Å². The first-order valence-corrected chi connectivity index (χ1v) is 14.3. The van der Waals surface area contributed by atoms with Crippen LogP contribution in [0.15, 0.2) is 62.6 Å². The first-order valence-electron chi connectivity index (χ1n) is 13.2. The number of carbonyl (C=O) groups is 2. The molecule has 4 aromatic rings. The molecule has 1 atom stereocenters. The quantitative estimate of drug-likeness (QED) is 0.309. The van der Waals surface area contributed by atoms with Crippen molar-refractivity contribution in [2.75, 3.05) is 36.0 Å². The van der Waals surface area contributed by atoms with Gasteiger partial charge in [-0.1, -0.05) is 45.7 Å². The Morgan fingerprint density at radius 1 is 0.927 bits per heavy atom. The van der Waals surface area contributed by atoms with E-state index in [9.17, 15) is 19.2 Å². The molecule has 0 bridgehead atoms. The lowest BCUT2D eigenvalue weighted by molar-refractivity contribution is -0.123. The van der Waals surface area contributed by atoms with Crippen molar-refractivity contribution >= 4 is 62.1 Å². The van der Waals surface area contributed by atoms with Gasteiger partial charge < -0.3 is 4.90 Å². The number of rotatable bonds is 5. The lowest BCUT2D eigenvalue weighted by atomic mass is 10.1. The number of benzene rings is 2. The van der Waals surface area contributed by atoms with Crippen molar-refractivity contribution in [3.8, 4) is 0 Å². The summed E-state index contributed by atoms with van der Waals surface area (Å²) in [6.07, 6.45) is 0.123. The van der Waals surface area contributed by atoms with Gasteiger partial charge >= 0.3 is 5.69 Å². The van der Waals surface area contributed by atoms with Gasteiger partial charge in [0.1, 0.15) is 0 Å². The summed E-state index contributed by atoms with van der Waals surface area (Å²) in [7, 11) is 3.05. The number of imidazole rings is 1. The second-order valence-corrected chi connectivity index (χ2v) is 11.6. The zero-order valence-corrected chi connectivity index (χ0v) is 24.8. The summed E-state index contributed by atoms with van der Waals surface area (Å²) >= 11 is 9.87. The number of hydrogen-bond acceptors (Lipinski definition) is 7. The maximum atomic E-state index is 13.3. The summed E-state index contributed by atoms with van der Waals surface area (Å²) in [5, 5.41) is 0.562. The van der Waals surface area contributed by atoms with Gasteiger partial charge in [0.15, 0.2) is 11.2 Å². The van der Waals surface area contributed by atoms with Crippen LogP contribution in [0.3, 0.4) is 0 Å². The Morgan fingerprint density at radius 3 is 2.29 bits per heavy atom. The van der Waals surface area contributed by atoms with Crippen molar-refractivity contribution in [3.05, 3.63) is 84.4 Å². The van der Waals surface area contributed by atoms with E-state index < -0.39 is 17.3 Å². The van der Waals surface area contributed by atoms with E-state index in [1.807, 2.05) is 32.6 Å². The van der Waals surface area contributed by atoms with Crippen LogP contribution in [0.4, 0.5) is 11.6 Å². The molecule has 2 fully saturated rings. The molecule has 2 saturated heterocycles. The van der Waals surface area contributed by atoms with Crippen LogP contribution >= 0.6 is 27.5 Å². The molecule has 41 heavy (non-hydrogen) atoms. The third kappa shape index (κ3) is 4.69. The smallest absolute Gasteiger partial charge is 0.332 e. The lowest BCUT2D eigenvalue weighted by Gasteiger charge is -2.37. The number of carbonyl (C=O) groups excluding carboxylic acids is 2. The number of piperazine rings is 1. The molecule has 2 aromatic carbocycles. The monoisotopic (exact) mass is 639 g/mol. The molecular weight excluding hydrogens is 614 g/mol. The highest BCUT2D eigenvalue weighted by Crippen LogP contribution is 2.29. The van der Waals surface area contributed by atoms with Gasteiger partial charge in [0.05, 0.1) is 24.7 Å². The van der Waals surface area contributed by atoms with Gasteiger partial charge in [0.25, 0.3) is 11.5 Å². The predicted molar refractivity (Wildman–Crippen MR) is 160 cm³/mol. The standard InChI is InChI=1S/C28H27BrClN7O4/c1-32-24-23(26(40)33(2)28(32)41)36(16-17-5-3-4-6-20(17)30)27(31-24)35-13-11-34(12-14-35)21-15-22(38)37(25(21)39)19-9-7-18(29)8-10-19/h3-10,21H,11-16H2,1-2H3. The summed E-state index contributed by atoms with van der Waals surface area (Å²) in [6.45, 7) is 2.35. The van der Waals surface area contributed by atoms with Crippen LogP contribution in [0.5, 0.6) is 0 Å². The highest BCUT2D eigenvalue weighted by molar-refractivity contribution is 9.10. The Balaban J connectivity index is 1.30. The number of imide groups is 1. The fraction of sp³-hybridized carbons (Fsp3) is 0.321. The van der Waals surface area contributed by atoms with Crippen molar-refractivity contribution < 1.29 is 9.59 Å². The fourth-order valence-corrected chi connectivity index (χ4v) is 6.08. The minimum absolute atomic E-state index is 0.123. The minimum Gasteiger partial charge on any atom is -0.340 e. The van der Waals surface area contributed by atoms with E-state index in [4.69, 9.17) is 16.6 Å². The first kappa shape index (κ1) is 27.4. The molecule has 0 aliphatic carbocycles. The Morgan fingerprint density at radius 2 is 1.61 bits per heavy atom. The summed E-state index contributed by atoms with van der Waals surface area (Å²) in [5.41, 5.74) is 1.09. The van der Waals surface area contributed by atoms with E-state index in [2.05, 4.69) is 15.9 Å². The molecule has 0 saturated carbocycles. The number of anilines is 2. The number of aromatic nitrogens is 4. The molecule has 6 rings (SSSR count). The van der Waals surface area contributed by atoms with Crippen LogP contribution in [-0.4, -0.2) is 67.6 Å². The molecule has 212 valence electrons. The largest absolute Gasteiger partial charge is 0.340 e. The Bertz CT molecular complexity index is 1810. The molecule has 2 aliphatic rings. The maximum Gasteiger partial charge on any atom is 0.332 e. The number of amides is 2. The van der Waals surface area contributed by atoms with Gasteiger partial charge in [-0.3, -0.25) is 33.0 Å². The van der Waals surface area contributed by atoms with Crippen molar-refractivity contribution in [1.29, 1.82) is 0 Å².